The summed E-state index contributed by atoms with van der Waals surface area (Å²) in [5.74, 6) is 0.210. The Morgan fingerprint density at radius 2 is 2.32 bits per heavy atom. The minimum absolute atomic E-state index is 0.0381. The highest BCUT2D eigenvalue weighted by Crippen LogP contribution is 2.31. The zero-order chi connectivity index (χ0) is 14.0. The number of benzene rings is 1. The molecule has 0 aromatic heterocycles. The number of nitrogens with two attached hydrogens (primary N) is 1. The number of nitrogen functional groups attached to an aromatic ring is 1. The lowest BCUT2D eigenvalue weighted by molar-refractivity contribution is -0.117. The summed E-state index contributed by atoms with van der Waals surface area (Å²) < 4.78 is 13.2. The first kappa shape index (κ1) is 13.9. The Morgan fingerprint density at radius 3 is 3.00 bits per heavy atom. The highest BCUT2D eigenvalue weighted by atomic mass is 32.2. The minimum Gasteiger partial charge on any atom is -0.397 e. The van der Waals surface area contributed by atoms with E-state index in [1.165, 1.54) is 41.8 Å². The van der Waals surface area contributed by atoms with Crippen LogP contribution in [0.5, 0.6) is 0 Å². The highest BCUT2D eigenvalue weighted by Gasteiger charge is 2.31. The van der Waals surface area contributed by atoms with Crippen molar-refractivity contribution in [3.8, 4) is 0 Å². The number of carbonyl (C=O) groups excluding carboxylic acids is 2. The van der Waals surface area contributed by atoms with Crippen molar-refractivity contribution >= 4 is 34.2 Å². The molecule has 1 aromatic carbocycles. The smallest absolute Gasteiger partial charge is 0.227 e. The molecule has 0 spiro atoms. The van der Waals surface area contributed by atoms with Crippen LogP contribution in [0.15, 0.2) is 18.2 Å². The number of amides is 1. The molecule has 4 nitrogen and oxygen atoms in total. The Hall–Kier alpha value is -1.56. The van der Waals surface area contributed by atoms with Crippen LogP contribution < -0.4 is 10.6 Å². The van der Waals surface area contributed by atoms with Crippen molar-refractivity contribution in [3.63, 3.8) is 0 Å². The molecule has 2 N–H and O–H groups in total. The molecule has 2 rings (SSSR count). The third kappa shape index (κ3) is 3.26. The van der Waals surface area contributed by atoms with E-state index in [9.17, 15) is 14.0 Å². The van der Waals surface area contributed by atoms with Gasteiger partial charge in [-0.3, -0.25) is 9.59 Å². The van der Waals surface area contributed by atoms with Crippen molar-refractivity contribution in [2.24, 2.45) is 5.92 Å². The van der Waals surface area contributed by atoms with Gasteiger partial charge in [0.2, 0.25) is 5.91 Å². The largest absolute Gasteiger partial charge is 0.397 e. The van der Waals surface area contributed by atoms with E-state index in [1.54, 1.807) is 0 Å². The highest BCUT2D eigenvalue weighted by molar-refractivity contribution is 8.13. The number of anilines is 2. The molecule has 0 aliphatic carbocycles. The number of rotatable bonds is 3. The first-order chi connectivity index (χ1) is 8.97. The zero-order valence-electron chi connectivity index (χ0n) is 10.6. The molecule has 0 bridgehead atoms. The molecule has 1 atom stereocenters. The Bertz CT molecular complexity index is 521. The van der Waals surface area contributed by atoms with Gasteiger partial charge in [-0.1, -0.05) is 11.8 Å². The van der Waals surface area contributed by atoms with Gasteiger partial charge in [-0.25, -0.2) is 4.39 Å². The van der Waals surface area contributed by atoms with Gasteiger partial charge in [-0.15, -0.1) is 0 Å². The second-order valence-electron chi connectivity index (χ2n) is 4.58. The minimum atomic E-state index is -0.418. The maximum absolute atomic E-state index is 13.2. The van der Waals surface area contributed by atoms with Crippen LogP contribution in [0, 0.1) is 11.7 Å². The third-order valence-corrected chi connectivity index (χ3v) is 4.06. The summed E-state index contributed by atoms with van der Waals surface area (Å²) in [5, 5.41) is 0.0381. The van der Waals surface area contributed by atoms with E-state index < -0.39 is 5.82 Å². The lowest BCUT2D eigenvalue weighted by Crippen LogP contribution is -2.25. The van der Waals surface area contributed by atoms with Crippen LogP contribution in [0.1, 0.15) is 13.3 Å². The fourth-order valence-corrected chi connectivity index (χ4v) is 2.81. The molecular formula is C13H15FN2O2S. The van der Waals surface area contributed by atoms with Gasteiger partial charge < -0.3 is 10.6 Å². The van der Waals surface area contributed by atoms with Crippen LogP contribution in [-0.4, -0.2) is 23.3 Å². The SMILES string of the molecule is CC(=O)SCC1CC(=O)N(c2cc(F)ccc2N)C1. The third-order valence-electron chi connectivity index (χ3n) is 3.01. The lowest BCUT2D eigenvalue weighted by atomic mass is 10.1. The Balaban J connectivity index is 2.11. The Labute approximate surface area is 115 Å². The second kappa shape index (κ2) is 5.61. The van der Waals surface area contributed by atoms with Gasteiger partial charge in [0.15, 0.2) is 5.12 Å². The van der Waals surface area contributed by atoms with Crippen molar-refractivity contribution in [1.29, 1.82) is 0 Å². The summed E-state index contributed by atoms with van der Waals surface area (Å²) in [6.07, 6.45) is 0.371. The molecule has 1 aliphatic heterocycles. The van der Waals surface area contributed by atoms with Crippen LogP contribution >= 0.6 is 11.8 Å². The fraction of sp³-hybridized carbons (Fsp3) is 0.385. The van der Waals surface area contributed by atoms with Gasteiger partial charge in [0.25, 0.3) is 0 Å². The van der Waals surface area contributed by atoms with Crippen molar-refractivity contribution in [2.45, 2.75) is 13.3 Å². The molecule has 1 unspecified atom stereocenters. The Kier molecular flexibility index (Phi) is 4.09. The van der Waals surface area contributed by atoms with E-state index in [2.05, 4.69) is 0 Å². The molecule has 1 saturated heterocycles. The van der Waals surface area contributed by atoms with Crippen LogP contribution in [0.25, 0.3) is 0 Å². The maximum atomic E-state index is 13.2. The van der Waals surface area contributed by atoms with E-state index in [0.29, 0.717) is 30.1 Å². The van der Waals surface area contributed by atoms with E-state index in [0.717, 1.165) is 0 Å². The monoisotopic (exact) mass is 282 g/mol. The standard InChI is InChI=1S/C13H15FN2O2S/c1-8(17)19-7-9-4-13(18)16(6-9)12-5-10(14)2-3-11(12)15/h2-3,5,9H,4,6-7,15H2,1H3. The van der Waals surface area contributed by atoms with Crippen LogP contribution in [0.2, 0.25) is 0 Å². The molecule has 0 saturated carbocycles. The number of nitrogens with zero attached hydrogens (tertiary/aromatic N) is 1. The number of halogens is 1. The quantitative estimate of drug-likeness (QED) is 0.862. The van der Waals surface area contributed by atoms with Crippen molar-refractivity contribution < 1.29 is 14.0 Å². The second-order valence-corrected chi connectivity index (χ2v) is 5.78. The first-order valence-corrected chi connectivity index (χ1v) is 6.94. The van der Waals surface area contributed by atoms with Gasteiger partial charge in [-0.2, -0.15) is 0 Å². The van der Waals surface area contributed by atoms with Crippen molar-refractivity contribution in [1.82, 2.24) is 0 Å². The van der Waals surface area contributed by atoms with Gasteiger partial charge in [-0.05, 0) is 24.1 Å². The first-order valence-electron chi connectivity index (χ1n) is 5.96. The van der Waals surface area contributed by atoms with E-state index >= 15 is 0 Å². The normalized spacial score (nSPS) is 18.9. The van der Waals surface area contributed by atoms with Gasteiger partial charge >= 0.3 is 0 Å². The van der Waals surface area contributed by atoms with E-state index in [1.807, 2.05) is 0 Å². The van der Waals surface area contributed by atoms with E-state index in [4.69, 9.17) is 5.73 Å². The summed E-state index contributed by atoms with van der Waals surface area (Å²) in [6.45, 7) is 1.98. The molecule has 1 heterocycles. The van der Waals surface area contributed by atoms with Gasteiger partial charge in [0.05, 0.1) is 11.4 Å². The maximum Gasteiger partial charge on any atom is 0.227 e. The fourth-order valence-electron chi connectivity index (χ4n) is 2.11. The summed E-state index contributed by atoms with van der Waals surface area (Å²) >= 11 is 1.21. The number of hydrogen-bond acceptors (Lipinski definition) is 4. The topological polar surface area (TPSA) is 63.4 Å². The molecule has 1 aromatic rings. The van der Waals surface area contributed by atoms with Crippen molar-refractivity contribution in [3.05, 3.63) is 24.0 Å². The molecule has 0 radical (unpaired) electrons. The van der Waals surface area contributed by atoms with Crippen molar-refractivity contribution in [2.75, 3.05) is 22.9 Å². The number of thioether (sulfide) groups is 1. The lowest BCUT2D eigenvalue weighted by Gasteiger charge is -2.18. The van der Waals surface area contributed by atoms with Crippen LogP contribution in [-0.2, 0) is 9.59 Å². The predicted octanol–water partition coefficient (Wildman–Crippen LogP) is 2.04. The molecule has 19 heavy (non-hydrogen) atoms. The average molecular weight is 282 g/mol. The molecule has 1 amide bonds. The summed E-state index contributed by atoms with van der Waals surface area (Å²) in [7, 11) is 0. The summed E-state index contributed by atoms with van der Waals surface area (Å²) in [4.78, 5) is 24.4. The summed E-state index contributed by atoms with van der Waals surface area (Å²) in [5.41, 5.74) is 6.58. The molecular weight excluding hydrogens is 267 g/mol. The summed E-state index contributed by atoms with van der Waals surface area (Å²) in [6, 6.07) is 3.99. The Morgan fingerprint density at radius 1 is 1.58 bits per heavy atom. The molecule has 6 heteroatoms. The van der Waals surface area contributed by atoms with E-state index in [-0.39, 0.29) is 16.9 Å². The molecule has 102 valence electrons. The van der Waals surface area contributed by atoms with Crippen LogP contribution in [0.3, 0.4) is 0 Å². The molecule has 1 aliphatic rings. The van der Waals surface area contributed by atoms with Gasteiger partial charge in [0.1, 0.15) is 5.82 Å². The molecule has 1 fully saturated rings. The van der Waals surface area contributed by atoms with Gasteiger partial charge in [0, 0.05) is 25.6 Å². The number of carbonyl (C=O) groups is 2. The average Bonchev–Trinajstić information content (AvgIpc) is 2.71. The number of hydrogen-bond donors (Lipinski definition) is 1. The zero-order valence-corrected chi connectivity index (χ0v) is 11.4. The predicted molar refractivity (Wildman–Crippen MR) is 74.4 cm³/mol. The van der Waals surface area contributed by atoms with Crippen LogP contribution in [0.4, 0.5) is 15.8 Å².